The zero-order valence-corrected chi connectivity index (χ0v) is 18.3. The zero-order chi connectivity index (χ0) is 23.7. The quantitative estimate of drug-likeness (QED) is 0.413. The summed E-state index contributed by atoms with van der Waals surface area (Å²) in [5.74, 6) is -0.960. The number of carbonyl (C=O) groups excluding carboxylic acids is 1. The molecule has 170 valence electrons. The number of benzene rings is 2. The fourth-order valence-electron chi connectivity index (χ4n) is 3.97. The molecule has 0 fully saturated rings. The van der Waals surface area contributed by atoms with Crippen molar-refractivity contribution in [3.05, 3.63) is 107 Å². The minimum absolute atomic E-state index is 0.0527. The molecule has 0 bridgehead atoms. The van der Waals surface area contributed by atoms with E-state index in [9.17, 15) is 13.6 Å². The predicted octanol–water partition coefficient (Wildman–Crippen LogP) is 4.86. The monoisotopic (exact) mass is 458 g/mol. The van der Waals surface area contributed by atoms with Gasteiger partial charge in [0.1, 0.15) is 23.8 Å². The summed E-state index contributed by atoms with van der Waals surface area (Å²) in [6.07, 6.45) is 3.13. The molecule has 0 saturated carbocycles. The number of aromatic nitrogens is 3. The number of carbonyl (C=O) groups is 1. The standard InChI is InChI=1S/C26H20F2N4O2/c1-16-10-21(12-30-31-16)17-6-7-18(23(28)11-17)13-32-14-19-8-9-29-25(24(19)26(32)33)34-15-20-4-2-3-5-22(20)27/h2-12H,13-15H2,1H3. The molecular formula is C26H20F2N4O2. The van der Waals surface area contributed by atoms with Crippen LogP contribution in [0.4, 0.5) is 8.78 Å². The third kappa shape index (κ3) is 4.22. The summed E-state index contributed by atoms with van der Waals surface area (Å²) in [5, 5.41) is 7.83. The molecule has 0 unspecified atom stereocenters. The lowest BCUT2D eigenvalue weighted by atomic mass is 10.0. The maximum absolute atomic E-state index is 14.9. The van der Waals surface area contributed by atoms with E-state index in [0.29, 0.717) is 28.8 Å². The fraction of sp³-hybridized carbons (Fsp3) is 0.154. The van der Waals surface area contributed by atoms with Gasteiger partial charge in [-0.1, -0.05) is 30.3 Å². The van der Waals surface area contributed by atoms with E-state index in [2.05, 4.69) is 15.2 Å². The van der Waals surface area contributed by atoms with Crippen LogP contribution in [0.5, 0.6) is 5.88 Å². The second-order valence-corrected chi connectivity index (χ2v) is 8.08. The third-order valence-electron chi connectivity index (χ3n) is 5.71. The molecule has 8 heteroatoms. The Balaban J connectivity index is 1.33. The summed E-state index contributed by atoms with van der Waals surface area (Å²) in [5.41, 5.74) is 4.02. The minimum atomic E-state index is -0.412. The van der Waals surface area contributed by atoms with Gasteiger partial charge in [0, 0.05) is 36.0 Å². The van der Waals surface area contributed by atoms with E-state index in [-0.39, 0.29) is 30.8 Å². The number of aryl methyl sites for hydroxylation is 1. The molecule has 1 aliphatic heterocycles. The van der Waals surface area contributed by atoms with Crippen molar-refractivity contribution in [2.75, 3.05) is 0 Å². The summed E-state index contributed by atoms with van der Waals surface area (Å²) in [7, 11) is 0. The van der Waals surface area contributed by atoms with Crippen LogP contribution in [0.25, 0.3) is 11.1 Å². The molecule has 4 aromatic rings. The maximum Gasteiger partial charge on any atom is 0.260 e. The molecule has 3 heterocycles. The summed E-state index contributed by atoms with van der Waals surface area (Å²) in [6.45, 7) is 2.17. The second-order valence-electron chi connectivity index (χ2n) is 8.08. The molecule has 5 rings (SSSR count). The van der Waals surface area contributed by atoms with Crippen molar-refractivity contribution in [2.24, 2.45) is 0 Å². The Morgan fingerprint density at radius 2 is 1.85 bits per heavy atom. The van der Waals surface area contributed by atoms with E-state index in [4.69, 9.17) is 4.74 Å². The first kappa shape index (κ1) is 21.6. The van der Waals surface area contributed by atoms with E-state index in [0.717, 1.165) is 16.8 Å². The van der Waals surface area contributed by atoms with Crippen molar-refractivity contribution < 1.29 is 18.3 Å². The smallest absolute Gasteiger partial charge is 0.260 e. The number of fused-ring (bicyclic) bond motifs is 1. The summed E-state index contributed by atoms with van der Waals surface area (Å²) < 4.78 is 34.5. The summed E-state index contributed by atoms with van der Waals surface area (Å²) >= 11 is 0. The fourth-order valence-corrected chi connectivity index (χ4v) is 3.97. The molecular weight excluding hydrogens is 438 g/mol. The Bertz CT molecular complexity index is 1390. The largest absolute Gasteiger partial charge is 0.472 e. The lowest BCUT2D eigenvalue weighted by Crippen LogP contribution is -2.24. The van der Waals surface area contributed by atoms with Gasteiger partial charge in [0.05, 0.1) is 11.9 Å². The van der Waals surface area contributed by atoms with E-state index < -0.39 is 5.82 Å². The van der Waals surface area contributed by atoms with Gasteiger partial charge in [-0.05, 0) is 42.3 Å². The van der Waals surface area contributed by atoms with Crippen molar-refractivity contribution in [2.45, 2.75) is 26.6 Å². The second kappa shape index (κ2) is 8.97. The summed E-state index contributed by atoms with van der Waals surface area (Å²) in [4.78, 5) is 18.9. The lowest BCUT2D eigenvalue weighted by molar-refractivity contribution is 0.0761. The average molecular weight is 458 g/mol. The highest BCUT2D eigenvalue weighted by Gasteiger charge is 2.32. The molecule has 0 saturated heterocycles. The topological polar surface area (TPSA) is 68.2 Å². The normalized spacial score (nSPS) is 12.7. The van der Waals surface area contributed by atoms with Crippen LogP contribution in [-0.2, 0) is 19.7 Å². The molecule has 6 nitrogen and oxygen atoms in total. The van der Waals surface area contributed by atoms with Crippen LogP contribution in [0.1, 0.15) is 32.7 Å². The molecule has 0 atom stereocenters. The number of amides is 1. The number of nitrogens with zero attached hydrogens (tertiary/aromatic N) is 4. The van der Waals surface area contributed by atoms with E-state index in [1.165, 1.54) is 12.1 Å². The van der Waals surface area contributed by atoms with Gasteiger partial charge in [0.2, 0.25) is 5.88 Å². The van der Waals surface area contributed by atoms with E-state index in [1.807, 2.05) is 13.0 Å². The van der Waals surface area contributed by atoms with Crippen molar-refractivity contribution in [1.82, 2.24) is 20.1 Å². The number of halogens is 2. The highest BCUT2D eigenvalue weighted by Crippen LogP contribution is 2.31. The number of rotatable bonds is 6. The molecule has 2 aromatic heterocycles. The Morgan fingerprint density at radius 1 is 1.00 bits per heavy atom. The number of hydrogen-bond donors (Lipinski definition) is 0. The molecule has 0 spiro atoms. The van der Waals surface area contributed by atoms with Crippen LogP contribution in [0, 0.1) is 18.6 Å². The van der Waals surface area contributed by atoms with Crippen LogP contribution >= 0.6 is 0 Å². The van der Waals surface area contributed by atoms with E-state index in [1.54, 1.807) is 53.7 Å². The maximum atomic E-state index is 14.9. The Labute approximate surface area is 194 Å². The van der Waals surface area contributed by atoms with Gasteiger partial charge in [0.15, 0.2) is 0 Å². The van der Waals surface area contributed by atoms with Crippen LogP contribution in [-0.4, -0.2) is 26.0 Å². The minimum Gasteiger partial charge on any atom is -0.472 e. The lowest BCUT2D eigenvalue weighted by Gasteiger charge is -2.17. The number of ether oxygens (including phenoxy) is 1. The Morgan fingerprint density at radius 3 is 2.65 bits per heavy atom. The van der Waals surface area contributed by atoms with Crippen molar-refractivity contribution >= 4 is 5.91 Å². The molecule has 0 aliphatic carbocycles. The Kier molecular flexibility index (Phi) is 5.71. The highest BCUT2D eigenvalue weighted by molar-refractivity contribution is 6.00. The van der Waals surface area contributed by atoms with E-state index >= 15 is 0 Å². The molecule has 0 N–H and O–H groups in total. The predicted molar refractivity (Wildman–Crippen MR) is 121 cm³/mol. The molecule has 1 aliphatic rings. The first-order valence-corrected chi connectivity index (χ1v) is 10.7. The van der Waals surface area contributed by atoms with Gasteiger partial charge >= 0.3 is 0 Å². The van der Waals surface area contributed by atoms with Crippen LogP contribution < -0.4 is 4.74 Å². The van der Waals surface area contributed by atoms with Gasteiger partial charge in [-0.3, -0.25) is 4.79 Å². The molecule has 1 amide bonds. The average Bonchev–Trinajstić information content (AvgIpc) is 3.15. The SMILES string of the molecule is Cc1cc(-c2ccc(CN3Cc4ccnc(OCc5ccccc5F)c4C3=O)c(F)c2)cnn1. The molecule has 2 aromatic carbocycles. The van der Waals surface area contributed by atoms with Crippen LogP contribution in [0.2, 0.25) is 0 Å². The third-order valence-corrected chi connectivity index (χ3v) is 5.71. The van der Waals surface area contributed by atoms with Gasteiger partial charge < -0.3 is 9.64 Å². The van der Waals surface area contributed by atoms with Gasteiger partial charge in [-0.25, -0.2) is 13.8 Å². The van der Waals surface area contributed by atoms with Crippen molar-refractivity contribution in [1.29, 1.82) is 0 Å². The van der Waals surface area contributed by atoms with Gasteiger partial charge in [-0.2, -0.15) is 10.2 Å². The van der Waals surface area contributed by atoms with Gasteiger partial charge in [-0.15, -0.1) is 0 Å². The van der Waals surface area contributed by atoms with Crippen molar-refractivity contribution in [3.8, 4) is 17.0 Å². The summed E-state index contributed by atoms with van der Waals surface area (Å²) in [6, 6.07) is 14.7. The molecule has 34 heavy (non-hydrogen) atoms. The number of hydrogen-bond acceptors (Lipinski definition) is 5. The highest BCUT2D eigenvalue weighted by atomic mass is 19.1. The first-order valence-electron chi connectivity index (χ1n) is 10.7. The number of pyridine rings is 1. The zero-order valence-electron chi connectivity index (χ0n) is 18.3. The van der Waals surface area contributed by atoms with Gasteiger partial charge in [0.25, 0.3) is 5.91 Å². The van der Waals surface area contributed by atoms with Crippen LogP contribution in [0.3, 0.4) is 0 Å². The van der Waals surface area contributed by atoms with Crippen LogP contribution in [0.15, 0.2) is 67.0 Å². The first-order chi connectivity index (χ1) is 16.5. The Hall–Kier alpha value is -4.20. The molecule has 0 radical (unpaired) electrons. The van der Waals surface area contributed by atoms with Crippen molar-refractivity contribution in [3.63, 3.8) is 0 Å².